The van der Waals surface area contributed by atoms with Crippen molar-refractivity contribution in [2.24, 2.45) is 0 Å². The predicted octanol–water partition coefficient (Wildman–Crippen LogP) is 1.48. The number of rotatable bonds is 7. The number of hydrogen-bond acceptors (Lipinski definition) is 7. The Balaban J connectivity index is 1.99. The van der Waals surface area contributed by atoms with Gasteiger partial charge in [0, 0.05) is 26.7 Å². The second-order valence-electron chi connectivity index (χ2n) is 5.50. The maximum Gasteiger partial charge on any atom is 0.231 e. The fraction of sp³-hybridized carbons (Fsp3) is 0.786. The Hall–Kier alpha value is -1.63. The van der Waals surface area contributed by atoms with E-state index in [1.54, 1.807) is 6.92 Å². The molecule has 1 unspecified atom stereocenters. The first kappa shape index (κ1) is 15.8. The highest BCUT2D eigenvalue weighted by molar-refractivity contribution is 5.43. The zero-order valence-corrected chi connectivity index (χ0v) is 13.0. The maximum atomic E-state index is 9.26. The molecule has 2 rings (SSSR count). The number of aromatic nitrogens is 3. The zero-order chi connectivity index (χ0) is 15.1. The monoisotopic (exact) mass is 294 g/mol. The molecule has 0 aliphatic carbocycles. The SMILES string of the molecule is CNc1nc(NCCCC(C)O)nc(N2CCCCC2)n1. The Morgan fingerprint density at radius 3 is 2.52 bits per heavy atom. The summed E-state index contributed by atoms with van der Waals surface area (Å²) < 4.78 is 0. The van der Waals surface area contributed by atoms with Gasteiger partial charge in [-0.15, -0.1) is 0 Å². The lowest BCUT2D eigenvalue weighted by Gasteiger charge is -2.26. The third kappa shape index (κ3) is 5.00. The Labute approximate surface area is 126 Å². The summed E-state index contributed by atoms with van der Waals surface area (Å²) in [7, 11) is 1.81. The van der Waals surface area contributed by atoms with Crippen molar-refractivity contribution in [1.82, 2.24) is 15.0 Å². The van der Waals surface area contributed by atoms with Gasteiger partial charge in [-0.1, -0.05) is 0 Å². The summed E-state index contributed by atoms with van der Waals surface area (Å²) in [5, 5.41) is 15.5. The molecule has 1 aromatic heterocycles. The molecule has 0 saturated carbocycles. The fourth-order valence-electron chi connectivity index (χ4n) is 2.39. The van der Waals surface area contributed by atoms with Gasteiger partial charge >= 0.3 is 0 Å². The van der Waals surface area contributed by atoms with Crippen LogP contribution in [0.25, 0.3) is 0 Å². The van der Waals surface area contributed by atoms with Gasteiger partial charge in [-0.05, 0) is 39.0 Å². The second kappa shape index (κ2) is 7.97. The molecule has 1 aliphatic heterocycles. The van der Waals surface area contributed by atoms with Gasteiger partial charge in [0.2, 0.25) is 17.8 Å². The molecule has 1 aliphatic rings. The number of piperidine rings is 1. The van der Waals surface area contributed by atoms with Gasteiger partial charge in [-0.25, -0.2) is 0 Å². The van der Waals surface area contributed by atoms with Crippen LogP contribution < -0.4 is 15.5 Å². The van der Waals surface area contributed by atoms with Crippen LogP contribution in [0.15, 0.2) is 0 Å². The Morgan fingerprint density at radius 2 is 1.86 bits per heavy atom. The molecule has 1 atom stereocenters. The van der Waals surface area contributed by atoms with Crippen molar-refractivity contribution < 1.29 is 5.11 Å². The van der Waals surface area contributed by atoms with E-state index in [0.29, 0.717) is 11.9 Å². The summed E-state index contributed by atoms with van der Waals surface area (Å²) in [4.78, 5) is 15.5. The lowest BCUT2D eigenvalue weighted by molar-refractivity contribution is 0.183. The van der Waals surface area contributed by atoms with Crippen LogP contribution >= 0.6 is 0 Å². The van der Waals surface area contributed by atoms with Crippen molar-refractivity contribution in [2.75, 3.05) is 42.2 Å². The van der Waals surface area contributed by atoms with E-state index in [-0.39, 0.29) is 6.10 Å². The number of nitrogens with one attached hydrogen (secondary N) is 2. The van der Waals surface area contributed by atoms with Gasteiger partial charge < -0.3 is 20.6 Å². The normalized spacial score (nSPS) is 16.6. The Bertz CT molecular complexity index is 433. The van der Waals surface area contributed by atoms with E-state index in [0.717, 1.165) is 38.4 Å². The van der Waals surface area contributed by atoms with Gasteiger partial charge in [0.1, 0.15) is 0 Å². The molecule has 118 valence electrons. The van der Waals surface area contributed by atoms with Crippen molar-refractivity contribution in [1.29, 1.82) is 0 Å². The molecule has 1 saturated heterocycles. The van der Waals surface area contributed by atoms with E-state index >= 15 is 0 Å². The highest BCUT2D eigenvalue weighted by Gasteiger charge is 2.15. The highest BCUT2D eigenvalue weighted by atomic mass is 16.3. The van der Waals surface area contributed by atoms with Crippen LogP contribution in [-0.2, 0) is 0 Å². The van der Waals surface area contributed by atoms with E-state index in [9.17, 15) is 5.11 Å². The topological polar surface area (TPSA) is 86.2 Å². The summed E-state index contributed by atoms with van der Waals surface area (Å²) in [6.45, 7) is 4.57. The van der Waals surface area contributed by atoms with Crippen LogP contribution in [0.2, 0.25) is 0 Å². The molecule has 0 amide bonds. The first-order chi connectivity index (χ1) is 10.2. The van der Waals surface area contributed by atoms with Crippen molar-refractivity contribution in [3.8, 4) is 0 Å². The van der Waals surface area contributed by atoms with Gasteiger partial charge in [0.25, 0.3) is 0 Å². The molecule has 0 radical (unpaired) electrons. The number of anilines is 3. The molecule has 1 aromatic rings. The summed E-state index contributed by atoms with van der Waals surface area (Å²) in [5.41, 5.74) is 0. The average molecular weight is 294 g/mol. The number of hydrogen-bond donors (Lipinski definition) is 3. The van der Waals surface area contributed by atoms with E-state index in [4.69, 9.17) is 0 Å². The van der Waals surface area contributed by atoms with E-state index < -0.39 is 0 Å². The molecular formula is C14H26N6O. The fourth-order valence-corrected chi connectivity index (χ4v) is 2.39. The number of aliphatic hydroxyl groups is 1. The number of nitrogens with zero attached hydrogens (tertiary/aromatic N) is 4. The Kier molecular flexibility index (Phi) is 5.98. The zero-order valence-electron chi connectivity index (χ0n) is 13.0. The van der Waals surface area contributed by atoms with E-state index in [2.05, 4.69) is 30.5 Å². The lowest BCUT2D eigenvalue weighted by atomic mass is 10.1. The number of aliphatic hydroxyl groups excluding tert-OH is 1. The van der Waals surface area contributed by atoms with Crippen LogP contribution in [0.1, 0.15) is 39.0 Å². The molecule has 3 N–H and O–H groups in total. The predicted molar refractivity (Wildman–Crippen MR) is 84.8 cm³/mol. The van der Waals surface area contributed by atoms with Gasteiger partial charge in [0.15, 0.2) is 0 Å². The summed E-state index contributed by atoms with van der Waals surface area (Å²) in [5.74, 6) is 1.93. The maximum absolute atomic E-state index is 9.26. The molecule has 2 heterocycles. The van der Waals surface area contributed by atoms with Crippen LogP contribution in [0, 0.1) is 0 Å². The third-order valence-corrected chi connectivity index (χ3v) is 3.57. The van der Waals surface area contributed by atoms with Gasteiger partial charge in [-0.2, -0.15) is 15.0 Å². The smallest absolute Gasteiger partial charge is 0.231 e. The van der Waals surface area contributed by atoms with Crippen LogP contribution in [0.3, 0.4) is 0 Å². The summed E-state index contributed by atoms with van der Waals surface area (Å²) in [6.07, 6.45) is 5.06. The highest BCUT2D eigenvalue weighted by Crippen LogP contribution is 2.18. The minimum absolute atomic E-state index is 0.262. The first-order valence-corrected chi connectivity index (χ1v) is 7.80. The summed E-state index contributed by atoms with van der Waals surface area (Å²) in [6, 6.07) is 0. The molecule has 7 heteroatoms. The molecule has 21 heavy (non-hydrogen) atoms. The lowest BCUT2D eigenvalue weighted by Crippen LogP contribution is -2.31. The minimum Gasteiger partial charge on any atom is -0.393 e. The minimum atomic E-state index is -0.262. The largest absolute Gasteiger partial charge is 0.393 e. The van der Waals surface area contributed by atoms with Crippen LogP contribution in [-0.4, -0.2) is 52.8 Å². The van der Waals surface area contributed by atoms with Crippen molar-refractivity contribution in [3.05, 3.63) is 0 Å². The van der Waals surface area contributed by atoms with Crippen molar-refractivity contribution in [2.45, 2.75) is 45.1 Å². The molecule has 0 aromatic carbocycles. The van der Waals surface area contributed by atoms with Gasteiger partial charge in [-0.3, -0.25) is 0 Å². The standard InChI is InChI=1S/C14H26N6O/c1-11(21)7-6-8-16-13-17-12(15-2)18-14(19-13)20-9-4-3-5-10-20/h11,21H,3-10H2,1-2H3,(H2,15,16,17,18,19). The van der Waals surface area contributed by atoms with Crippen molar-refractivity contribution in [3.63, 3.8) is 0 Å². The molecule has 0 bridgehead atoms. The van der Waals surface area contributed by atoms with Crippen LogP contribution in [0.5, 0.6) is 0 Å². The quantitative estimate of drug-likeness (QED) is 0.657. The molecule has 1 fully saturated rings. The average Bonchev–Trinajstić information content (AvgIpc) is 2.52. The third-order valence-electron chi connectivity index (χ3n) is 3.57. The van der Waals surface area contributed by atoms with E-state index in [1.165, 1.54) is 19.3 Å². The first-order valence-electron chi connectivity index (χ1n) is 7.80. The van der Waals surface area contributed by atoms with Crippen molar-refractivity contribution >= 4 is 17.8 Å². The molecule has 0 spiro atoms. The Morgan fingerprint density at radius 1 is 1.14 bits per heavy atom. The molecule has 7 nitrogen and oxygen atoms in total. The van der Waals surface area contributed by atoms with Gasteiger partial charge in [0.05, 0.1) is 6.10 Å². The van der Waals surface area contributed by atoms with Crippen LogP contribution in [0.4, 0.5) is 17.8 Å². The summed E-state index contributed by atoms with van der Waals surface area (Å²) >= 11 is 0. The van der Waals surface area contributed by atoms with E-state index in [1.807, 2.05) is 7.05 Å². The molecular weight excluding hydrogens is 268 g/mol. The second-order valence-corrected chi connectivity index (χ2v) is 5.50.